The Hall–Kier alpha value is -1.62. The zero-order valence-corrected chi connectivity index (χ0v) is 9.83. The van der Waals surface area contributed by atoms with Gasteiger partial charge in [-0.2, -0.15) is 0 Å². The van der Waals surface area contributed by atoms with E-state index in [9.17, 15) is 9.90 Å². The van der Waals surface area contributed by atoms with Crippen molar-refractivity contribution in [2.24, 2.45) is 5.73 Å². The minimum atomic E-state index is -0.0848. The van der Waals surface area contributed by atoms with Crippen LogP contribution in [0.15, 0.2) is 24.3 Å². The van der Waals surface area contributed by atoms with Crippen molar-refractivity contribution in [1.29, 1.82) is 0 Å². The molecule has 16 heavy (non-hydrogen) atoms. The lowest BCUT2D eigenvalue weighted by Crippen LogP contribution is -2.35. The molecule has 1 rings (SSSR count). The van der Waals surface area contributed by atoms with Crippen LogP contribution >= 0.6 is 12.2 Å². The van der Waals surface area contributed by atoms with Gasteiger partial charge in [0.25, 0.3) is 0 Å². The van der Waals surface area contributed by atoms with Crippen molar-refractivity contribution in [3.63, 3.8) is 0 Å². The number of rotatable bonds is 4. The van der Waals surface area contributed by atoms with Crippen LogP contribution in [0.1, 0.15) is 5.56 Å². The third-order valence-electron chi connectivity index (χ3n) is 2.08. The Morgan fingerprint density at radius 3 is 2.81 bits per heavy atom. The van der Waals surface area contributed by atoms with Crippen molar-refractivity contribution >= 4 is 23.1 Å². The van der Waals surface area contributed by atoms with Crippen molar-refractivity contribution in [1.82, 2.24) is 4.90 Å². The molecule has 0 radical (unpaired) electrons. The van der Waals surface area contributed by atoms with E-state index in [4.69, 9.17) is 18.0 Å². The number of hydrogen-bond acceptors (Lipinski definition) is 3. The summed E-state index contributed by atoms with van der Waals surface area (Å²) in [5, 5.41) is 9.24. The topological polar surface area (TPSA) is 66.6 Å². The Morgan fingerprint density at radius 2 is 2.25 bits per heavy atom. The molecule has 1 aromatic carbocycles. The lowest BCUT2D eigenvalue weighted by atomic mass is 10.1. The number of aromatic hydroxyl groups is 1. The Morgan fingerprint density at radius 1 is 1.56 bits per heavy atom. The number of benzene rings is 1. The van der Waals surface area contributed by atoms with Gasteiger partial charge in [0.2, 0.25) is 5.91 Å². The van der Waals surface area contributed by atoms with Gasteiger partial charge in [0.05, 0.1) is 18.0 Å². The first-order chi connectivity index (χ1) is 7.49. The molecule has 0 bridgehead atoms. The predicted octanol–water partition coefficient (Wildman–Crippen LogP) is 0.679. The maximum absolute atomic E-state index is 11.7. The number of carbonyl (C=O) groups is 1. The third kappa shape index (κ3) is 3.86. The van der Waals surface area contributed by atoms with Crippen LogP contribution in [0.4, 0.5) is 0 Å². The molecule has 1 aromatic rings. The highest BCUT2D eigenvalue weighted by atomic mass is 32.1. The van der Waals surface area contributed by atoms with Gasteiger partial charge in [-0.05, 0) is 17.7 Å². The summed E-state index contributed by atoms with van der Waals surface area (Å²) in [6.07, 6.45) is 0.230. The number of phenolic OH excluding ortho intramolecular Hbond substituents is 1. The molecule has 0 aromatic heterocycles. The summed E-state index contributed by atoms with van der Waals surface area (Å²) in [5.74, 6) is 0.0701. The largest absolute Gasteiger partial charge is 0.508 e. The standard InChI is InChI=1S/C11H14N2O2S/c1-13(7-10(12)16)11(15)6-8-3-2-4-9(14)5-8/h2-5,14H,6-7H2,1H3,(H2,12,16). The molecule has 0 heterocycles. The highest BCUT2D eigenvalue weighted by Gasteiger charge is 2.10. The Balaban J connectivity index is 2.60. The van der Waals surface area contributed by atoms with Gasteiger partial charge in [0.15, 0.2) is 0 Å². The van der Waals surface area contributed by atoms with Crippen molar-refractivity contribution in [2.45, 2.75) is 6.42 Å². The van der Waals surface area contributed by atoms with E-state index in [1.54, 1.807) is 31.3 Å². The maximum atomic E-state index is 11.7. The minimum Gasteiger partial charge on any atom is -0.508 e. The fraction of sp³-hybridized carbons (Fsp3) is 0.273. The maximum Gasteiger partial charge on any atom is 0.227 e. The SMILES string of the molecule is CN(CC(N)=S)C(=O)Cc1cccc(O)c1. The van der Waals surface area contributed by atoms with Gasteiger partial charge in [0, 0.05) is 7.05 Å². The van der Waals surface area contributed by atoms with E-state index in [-0.39, 0.29) is 29.6 Å². The first kappa shape index (κ1) is 12.4. The van der Waals surface area contributed by atoms with Crippen LogP contribution < -0.4 is 5.73 Å². The molecule has 0 saturated carbocycles. The smallest absolute Gasteiger partial charge is 0.227 e. The highest BCUT2D eigenvalue weighted by Crippen LogP contribution is 2.11. The molecule has 0 fully saturated rings. The molecule has 3 N–H and O–H groups in total. The summed E-state index contributed by atoms with van der Waals surface area (Å²) in [7, 11) is 1.64. The first-order valence-electron chi connectivity index (χ1n) is 4.79. The lowest BCUT2D eigenvalue weighted by Gasteiger charge is -2.16. The summed E-state index contributed by atoms with van der Waals surface area (Å²) in [6, 6.07) is 6.61. The molecule has 0 unspecified atom stereocenters. The fourth-order valence-electron chi connectivity index (χ4n) is 1.30. The zero-order valence-electron chi connectivity index (χ0n) is 9.01. The van der Waals surface area contributed by atoms with E-state index >= 15 is 0 Å². The average Bonchev–Trinajstić information content (AvgIpc) is 2.16. The zero-order chi connectivity index (χ0) is 12.1. The molecule has 86 valence electrons. The summed E-state index contributed by atoms with van der Waals surface area (Å²) in [4.78, 5) is 13.4. The normalized spacial score (nSPS) is 9.81. The second-order valence-electron chi connectivity index (χ2n) is 3.56. The number of likely N-dealkylation sites (N-methyl/N-ethyl adjacent to an activating group) is 1. The molecule has 0 spiro atoms. The van der Waals surface area contributed by atoms with Crippen LogP contribution in [-0.2, 0) is 11.2 Å². The van der Waals surface area contributed by atoms with Crippen LogP contribution in [-0.4, -0.2) is 34.5 Å². The Bertz CT molecular complexity index is 407. The van der Waals surface area contributed by atoms with E-state index in [1.165, 1.54) is 4.90 Å². The number of carbonyl (C=O) groups excluding carboxylic acids is 1. The van der Waals surface area contributed by atoms with Crippen LogP contribution in [0, 0.1) is 0 Å². The quantitative estimate of drug-likeness (QED) is 0.757. The van der Waals surface area contributed by atoms with Gasteiger partial charge in [-0.15, -0.1) is 0 Å². The van der Waals surface area contributed by atoms with Crippen molar-refractivity contribution < 1.29 is 9.90 Å². The molecule has 0 aliphatic rings. The van der Waals surface area contributed by atoms with E-state index in [1.807, 2.05) is 0 Å². The number of phenols is 1. The van der Waals surface area contributed by atoms with Gasteiger partial charge < -0.3 is 15.7 Å². The van der Waals surface area contributed by atoms with Crippen molar-refractivity contribution in [3.8, 4) is 5.75 Å². The Kier molecular flexibility index (Phi) is 4.25. The molecular formula is C11H14N2O2S. The van der Waals surface area contributed by atoms with Crippen molar-refractivity contribution in [3.05, 3.63) is 29.8 Å². The molecule has 0 saturated heterocycles. The summed E-state index contributed by atoms with van der Waals surface area (Å²) in [5.41, 5.74) is 6.11. The van der Waals surface area contributed by atoms with E-state index in [0.29, 0.717) is 0 Å². The minimum absolute atomic E-state index is 0.0848. The summed E-state index contributed by atoms with van der Waals surface area (Å²) < 4.78 is 0. The van der Waals surface area contributed by atoms with E-state index < -0.39 is 0 Å². The molecule has 0 atom stereocenters. The van der Waals surface area contributed by atoms with Gasteiger partial charge in [-0.1, -0.05) is 24.4 Å². The number of nitrogens with two attached hydrogens (primary N) is 1. The monoisotopic (exact) mass is 238 g/mol. The molecular weight excluding hydrogens is 224 g/mol. The van der Waals surface area contributed by atoms with Crippen LogP contribution in [0.2, 0.25) is 0 Å². The molecule has 4 nitrogen and oxygen atoms in total. The van der Waals surface area contributed by atoms with Crippen LogP contribution in [0.5, 0.6) is 5.75 Å². The number of hydrogen-bond donors (Lipinski definition) is 2. The first-order valence-corrected chi connectivity index (χ1v) is 5.20. The second-order valence-corrected chi connectivity index (χ2v) is 4.09. The van der Waals surface area contributed by atoms with E-state index in [0.717, 1.165) is 5.56 Å². The number of thiocarbonyl (C=S) groups is 1. The number of amides is 1. The average molecular weight is 238 g/mol. The van der Waals surface area contributed by atoms with Crippen molar-refractivity contribution in [2.75, 3.05) is 13.6 Å². The van der Waals surface area contributed by atoms with Crippen LogP contribution in [0.3, 0.4) is 0 Å². The van der Waals surface area contributed by atoms with Crippen LogP contribution in [0.25, 0.3) is 0 Å². The summed E-state index contributed by atoms with van der Waals surface area (Å²) in [6.45, 7) is 0.271. The van der Waals surface area contributed by atoms with E-state index in [2.05, 4.69) is 0 Å². The lowest BCUT2D eigenvalue weighted by molar-refractivity contribution is -0.128. The third-order valence-corrected chi connectivity index (χ3v) is 2.21. The van der Waals surface area contributed by atoms with Gasteiger partial charge in [0.1, 0.15) is 5.75 Å². The fourth-order valence-corrected chi connectivity index (χ4v) is 1.49. The molecule has 5 heteroatoms. The highest BCUT2D eigenvalue weighted by molar-refractivity contribution is 7.80. The molecule has 1 amide bonds. The molecule has 0 aliphatic carbocycles. The summed E-state index contributed by atoms with van der Waals surface area (Å²) >= 11 is 4.72. The van der Waals surface area contributed by atoms with Gasteiger partial charge in [-0.25, -0.2) is 0 Å². The molecule has 0 aliphatic heterocycles. The second kappa shape index (κ2) is 5.46. The predicted molar refractivity (Wildman–Crippen MR) is 66.2 cm³/mol. The number of nitrogens with zero attached hydrogens (tertiary/aromatic N) is 1. The van der Waals surface area contributed by atoms with Gasteiger partial charge in [-0.3, -0.25) is 4.79 Å². The van der Waals surface area contributed by atoms with Gasteiger partial charge >= 0.3 is 0 Å². The Labute approximate surface area is 99.7 Å².